The third kappa shape index (κ3) is 3.31. The summed E-state index contributed by atoms with van der Waals surface area (Å²) >= 11 is 0. The molecular weight excluding hydrogens is 360 g/mol. The minimum Gasteiger partial charge on any atom is -0.497 e. The van der Waals surface area contributed by atoms with Crippen molar-refractivity contribution in [1.29, 1.82) is 0 Å². The molecule has 7 nitrogen and oxygen atoms in total. The molecule has 2 aromatic carbocycles. The standard InChI is InChI=1S/C21H22N2O5/c1-12(2)18(23-20(25)14-7-5-6-8-15(14)21(23)26)19(24)22-16-11-13(27-3)9-10-17(16)28-4/h5-12,18H,1-4H3,(H,22,24)/t18-/m1/s1. The number of benzene rings is 2. The fraction of sp³-hybridized carbons (Fsp3) is 0.286. The van der Waals surface area contributed by atoms with Gasteiger partial charge in [-0.25, -0.2) is 0 Å². The lowest BCUT2D eigenvalue weighted by atomic mass is 10.0. The third-order valence-corrected chi connectivity index (χ3v) is 4.67. The van der Waals surface area contributed by atoms with Crippen molar-refractivity contribution < 1.29 is 23.9 Å². The van der Waals surface area contributed by atoms with Crippen LogP contribution in [0.15, 0.2) is 42.5 Å². The third-order valence-electron chi connectivity index (χ3n) is 4.67. The molecule has 0 aliphatic carbocycles. The molecule has 1 aliphatic rings. The van der Waals surface area contributed by atoms with Crippen LogP contribution in [-0.4, -0.2) is 42.9 Å². The molecule has 1 heterocycles. The fourth-order valence-electron chi connectivity index (χ4n) is 3.30. The zero-order valence-corrected chi connectivity index (χ0v) is 16.2. The summed E-state index contributed by atoms with van der Waals surface area (Å²) in [7, 11) is 3.00. The van der Waals surface area contributed by atoms with E-state index in [9.17, 15) is 14.4 Å². The Morgan fingerprint density at radius 2 is 1.57 bits per heavy atom. The van der Waals surface area contributed by atoms with Crippen LogP contribution in [0.3, 0.4) is 0 Å². The van der Waals surface area contributed by atoms with Gasteiger partial charge in [-0.3, -0.25) is 19.3 Å². The number of methoxy groups -OCH3 is 2. The molecule has 1 aliphatic heterocycles. The first-order chi connectivity index (χ1) is 13.4. The van der Waals surface area contributed by atoms with Gasteiger partial charge in [0, 0.05) is 6.07 Å². The average molecular weight is 382 g/mol. The Labute approximate surface area is 163 Å². The quantitative estimate of drug-likeness (QED) is 0.777. The summed E-state index contributed by atoms with van der Waals surface area (Å²) in [5.74, 6) is -0.717. The van der Waals surface area contributed by atoms with Crippen LogP contribution < -0.4 is 14.8 Å². The van der Waals surface area contributed by atoms with E-state index in [-0.39, 0.29) is 5.92 Å². The van der Waals surface area contributed by atoms with Crippen molar-refractivity contribution in [1.82, 2.24) is 4.90 Å². The van der Waals surface area contributed by atoms with E-state index in [1.165, 1.54) is 14.2 Å². The Kier molecular flexibility index (Phi) is 5.35. The molecule has 3 amide bonds. The van der Waals surface area contributed by atoms with E-state index in [1.807, 2.05) is 0 Å². The zero-order valence-electron chi connectivity index (χ0n) is 16.2. The molecular formula is C21H22N2O5. The van der Waals surface area contributed by atoms with Gasteiger partial charge in [0.2, 0.25) is 5.91 Å². The van der Waals surface area contributed by atoms with Crippen LogP contribution >= 0.6 is 0 Å². The van der Waals surface area contributed by atoms with Gasteiger partial charge in [0.25, 0.3) is 11.8 Å². The minimum absolute atomic E-state index is 0.293. The average Bonchev–Trinajstić information content (AvgIpc) is 2.93. The topological polar surface area (TPSA) is 84.9 Å². The predicted octanol–water partition coefficient (Wildman–Crippen LogP) is 2.96. The number of rotatable bonds is 6. The lowest BCUT2D eigenvalue weighted by Crippen LogP contribution is -2.50. The van der Waals surface area contributed by atoms with Crippen LogP contribution in [0.1, 0.15) is 34.6 Å². The molecule has 0 fully saturated rings. The second-order valence-corrected chi connectivity index (χ2v) is 6.77. The van der Waals surface area contributed by atoms with Gasteiger partial charge in [-0.05, 0) is 30.2 Å². The van der Waals surface area contributed by atoms with Crippen LogP contribution in [0.25, 0.3) is 0 Å². The molecule has 2 aromatic rings. The minimum atomic E-state index is -0.969. The highest BCUT2D eigenvalue weighted by Crippen LogP contribution is 2.31. The normalized spacial score (nSPS) is 14.1. The highest BCUT2D eigenvalue weighted by atomic mass is 16.5. The second-order valence-electron chi connectivity index (χ2n) is 6.77. The molecule has 0 aromatic heterocycles. The summed E-state index contributed by atoms with van der Waals surface area (Å²) in [6, 6.07) is 10.6. The SMILES string of the molecule is COc1ccc(OC)c(NC(=O)[C@@H](C(C)C)N2C(=O)c3ccccc3C2=O)c1. The number of nitrogens with zero attached hydrogens (tertiary/aromatic N) is 1. The van der Waals surface area contributed by atoms with Crippen molar-refractivity contribution in [3.05, 3.63) is 53.6 Å². The fourth-order valence-corrected chi connectivity index (χ4v) is 3.30. The van der Waals surface area contributed by atoms with Gasteiger partial charge in [0.1, 0.15) is 17.5 Å². The van der Waals surface area contributed by atoms with E-state index in [4.69, 9.17) is 9.47 Å². The van der Waals surface area contributed by atoms with E-state index < -0.39 is 23.8 Å². The Morgan fingerprint density at radius 3 is 2.07 bits per heavy atom. The largest absolute Gasteiger partial charge is 0.497 e. The number of hydrogen-bond donors (Lipinski definition) is 1. The first-order valence-corrected chi connectivity index (χ1v) is 8.88. The molecule has 7 heteroatoms. The van der Waals surface area contributed by atoms with Crippen molar-refractivity contribution in [3.63, 3.8) is 0 Å². The number of amides is 3. The Balaban J connectivity index is 1.93. The van der Waals surface area contributed by atoms with Crippen molar-refractivity contribution in [2.75, 3.05) is 19.5 Å². The van der Waals surface area contributed by atoms with Crippen molar-refractivity contribution in [2.45, 2.75) is 19.9 Å². The maximum Gasteiger partial charge on any atom is 0.262 e. The molecule has 1 atom stereocenters. The van der Waals surface area contributed by atoms with Crippen molar-refractivity contribution in [3.8, 4) is 11.5 Å². The van der Waals surface area contributed by atoms with Crippen LogP contribution in [0.4, 0.5) is 5.69 Å². The van der Waals surface area contributed by atoms with Gasteiger partial charge in [-0.15, -0.1) is 0 Å². The summed E-state index contributed by atoms with van der Waals surface area (Å²) in [4.78, 5) is 39.8. The smallest absolute Gasteiger partial charge is 0.262 e. The number of nitrogens with one attached hydrogen (secondary N) is 1. The molecule has 28 heavy (non-hydrogen) atoms. The van der Waals surface area contributed by atoms with Gasteiger partial charge in [-0.2, -0.15) is 0 Å². The Hall–Kier alpha value is -3.35. The molecule has 0 saturated heterocycles. The van der Waals surface area contributed by atoms with Crippen molar-refractivity contribution in [2.24, 2.45) is 5.92 Å². The van der Waals surface area contributed by atoms with Gasteiger partial charge in [0.15, 0.2) is 0 Å². The van der Waals surface area contributed by atoms with Gasteiger partial charge < -0.3 is 14.8 Å². The number of fused-ring (bicyclic) bond motifs is 1. The highest BCUT2D eigenvalue weighted by molar-refractivity contribution is 6.23. The number of ether oxygens (including phenoxy) is 2. The first-order valence-electron chi connectivity index (χ1n) is 8.88. The summed E-state index contributed by atoms with van der Waals surface area (Å²) < 4.78 is 10.5. The van der Waals surface area contributed by atoms with Gasteiger partial charge in [-0.1, -0.05) is 26.0 Å². The van der Waals surface area contributed by atoms with E-state index in [0.29, 0.717) is 28.3 Å². The molecule has 0 unspecified atom stereocenters. The molecule has 0 saturated carbocycles. The Morgan fingerprint density at radius 1 is 0.964 bits per heavy atom. The number of carbonyl (C=O) groups excluding carboxylic acids is 3. The predicted molar refractivity (Wildman–Crippen MR) is 104 cm³/mol. The molecule has 3 rings (SSSR count). The van der Waals surface area contributed by atoms with E-state index in [0.717, 1.165) is 4.90 Å². The summed E-state index contributed by atoms with van der Waals surface area (Å²) in [5, 5.41) is 2.77. The second kappa shape index (κ2) is 7.72. The van der Waals surface area contributed by atoms with E-state index in [1.54, 1.807) is 56.3 Å². The molecule has 0 spiro atoms. The van der Waals surface area contributed by atoms with E-state index in [2.05, 4.69) is 5.32 Å². The Bertz CT molecular complexity index is 903. The van der Waals surface area contributed by atoms with Crippen molar-refractivity contribution >= 4 is 23.4 Å². The number of anilines is 1. The monoisotopic (exact) mass is 382 g/mol. The number of imide groups is 1. The molecule has 0 bridgehead atoms. The first kappa shape index (κ1) is 19.4. The van der Waals surface area contributed by atoms with Crippen LogP contribution in [-0.2, 0) is 4.79 Å². The number of hydrogen-bond acceptors (Lipinski definition) is 5. The summed E-state index contributed by atoms with van der Waals surface area (Å²) in [5.41, 5.74) is 1.02. The molecule has 146 valence electrons. The maximum atomic E-state index is 13.1. The van der Waals surface area contributed by atoms with E-state index >= 15 is 0 Å². The lowest BCUT2D eigenvalue weighted by molar-refractivity contribution is -0.121. The maximum absolute atomic E-state index is 13.1. The number of carbonyl (C=O) groups is 3. The molecule has 1 N–H and O–H groups in total. The summed E-state index contributed by atoms with van der Waals surface area (Å²) in [6.07, 6.45) is 0. The summed E-state index contributed by atoms with van der Waals surface area (Å²) in [6.45, 7) is 3.58. The van der Waals surface area contributed by atoms with Crippen LogP contribution in [0.2, 0.25) is 0 Å². The van der Waals surface area contributed by atoms with Crippen LogP contribution in [0, 0.1) is 5.92 Å². The van der Waals surface area contributed by atoms with Crippen LogP contribution in [0.5, 0.6) is 11.5 Å². The lowest BCUT2D eigenvalue weighted by Gasteiger charge is -2.28. The van der Waals surface area contributed by atoms with Gasteiger partial charge >= 0.3 is 0 Å². The molecule has 0 radical (unpaired) electrons. The van der Waals surface area contributed by atoms with Gasteiger partial charge in [0.05, 0.1) is 31.0 Å². The zero-order chi connectivity index (χ0) is 20.4. The highest BCUT2D eigenvalue weighted by Gasteiger charge is 2.44.